The van der Waals surface area contributed by atoms with E-state index in [0.717, 1.165) is 48.3 Å². The first kappa shape index (κ1) is 21.1. The van der Waals surface area contributed by atoms with Gasteiger partial charge in [-0.1, -0.05) is 19.3 Å². The third-order valence-corrected chi connectivity index (χ3v) is 6.56. The predicted octanol–water partition coefficient (Wildman–Crippen LogP) is 5.06. The van der Waals surface area contributed by atoms with E-state index in [9.17, 15) is 10.1 Å². The van der Waals surface area contributed by atoms with E-state index < -0.39 is 0 Å². The molecule has 170 valence electrons. The number of carbonyl (C=O) groups is 1. The van der Waals surface area contributed by atoms with Gasteiger partial charge in [-0.05, 0) is 31.4 Å². The van der Waals surface area contributed by atoms with E-state index in [0.29, 0.717) is 35.2 Å². The van der Waals surface area contributed by atoms with Crippen LogP contribution in [0.25, 0.3) is 11.0 Å². The summed E-state index contributed by atoms with van der Waals surface area (Å²) in [6, 6.07) is 10.3. The number of amides is 1. The number of hydrogen-bond acceptors (Lipinski definition) is 6. The Labute approximate surface area is 192 Å². The molecule has 2 fully saturated rings. The molecule has 0 spiro atoms. The molecule has 3 aromatic rings. The zero-order chi connectivity index (χ0) is 22.8. The van der Waals surface area contributed by atoms with Crippen molar-refractivity contribution in [3.63, 3.8) is 0 Å². The van der Waals surface area contributed by atoms with Gasteiger partial charge in [-0.15, -0.1) is 0 Å². The topological polar surface area (TPSA) is 106 Å². The van der Waals surface area contributed by atoms with Crippen molar-refractivity contribution in [3.05, 3.63) is 36.0 Å². The first-order valence-electron chi connectivity index (χ1n) is 11.6. The molecule has 0 bridgehead atoms. The highest BCUT2D eigenvalue weighted by atomic mass is 16.5. The molecular formula is C25H28N6O2. The molecule has 1 aliphatic heterocycles. The van der Waals surface area contributed by atoms with Gasteiger partial charge in [-0.2, -0.15) is 5.26 Å². The third kappa shape index (κ3) is 4.19. The molecule has 8 nitrogen and oxygen atoms in total. The summed E-state index contributed by atoms with van der Waals surface area (Å²) < 4.78 is 5.62. The van der Waals surface area contributed by atoms with Gasteiger partial charge in [-0.3, -0.25) is 4.79 Å². The average molecular weight is 445 g/mol. The number of carbonyl (C=O) groups excluding carboxylic acids is 1. The first-order chi connectivity index (χ1) is 16.2. The van der Waals surface area contributed by atoms with Gasteiger partial charge in [0.25, 0.3) is 0 Å². The van der Waals surface area contributed by atoms with Crippen molar-refractivity contribution in [1.82, 2.24) is 9.97 Å². The van der Waals surface area contributed by atoms with Gasteiger partial charge in [0.2, 0.25) is 5.91 Å². The molecule has 33 heavy (non-hydrogen) atoms. The van der Waals surface area contributed by atoms with E-state index in [-0.39, 0.29) is 5.91 Å². The number of nitriles is 1. The Bertz CT molecular complexity index is 1220. The van der Waals surface area contributed by atoms with Crippen LogP contribution in [0.4, 0.5) is 22.9 Å². The fourth-order valence-electron chi connectivity index (χ4n) is 4.88. The molecule has 1 saturated carbocycles. The monoisotopic (exact) mass is 444 g/mol. The number of hydrogen-bond donors (Lipinski definition) is 3. The van der Waals surface area contributed by atoms with Crippen LogP contribution < -0.4 is 20.3 Å². The second kappa shape index (κ2) is 9.02. The lowest BCUT2D eigenvalue weighted by Crippen LogP contribution is -2.23. The Balaban J connectivity index is 1.47. The van der Waals surface area contributed by atoms with E-state index in [4.69, 9.17) is 9.72 Å². The molecule has 1 saturated heterocycles. The normalized spacial score (nSPS) is 16.7. The quantitative estimate of drug-likeness (QED) is 0.491. The summed E-state index contributed by atoms with van der Waals surface area (Å²) in [5.41, 5.74) is 3.75. The standard InChI is InChI=1S/C25H28N6O2/c1-33-21-12-18(31-11-5-8-23(31)32)9-10-19(21)29-22-13-20(28-17-6-3-2-4-7-17)24-16(14-26)15-27-25(24)30-22/h9-10,12-13,15,17H,2-8,11H2,1H3,(H3,27,28,29,30). The van der Waals surface area contributed by atoms with Crippen LogP contribution >= 0.6 is 0 Å². The van der Waals surface area contributed by atoms with Crippen LogP contribution in [-0.2, 0) is 4.79 Å². The summed E-state index contributed by atoms with van der Waals surface area (Å²) in [5, 5.41) is 17.4. The number of H-pyrrole nitrogens is 1. The molecule has 2 aliphatic rings. The minimum Gasteiger partial charge on any atom is -0.494 e. The summed E-state index contributed by atoms with van der Waals surface area (Å²) in [5.74, 6) is 1.43. The molecule has 0 atom stereocenters. The molecule has 3 N–H and O–H groups in total. The van der Waals surface area contributed by atoms with Crippen LogP contribution in [0.1, 0.15) is 50.5 Å². The Hall–Kier alpha value is -3.73. The highest BCUT2D eigenvalue weighted by Crippen LogP contribution is 2.36. The second-order valence-electron chi connectivity index (χ2n) is 8.73. The van der Waals surface area contributed by atoms with E-state index in [1.165, 1.54) is 19.3 Å². The van der Waals surface area contributed by atoms with Crippen molar-refractivity contribution in [1.29, 1.82) is 5.26 Å². The predicted molar refractivity (Wildman–Crippen MR) is 129 cm³/mol. The minimum absolute atomic E-state index is 0.142. The number of ether oxygens (including phenoxy) is 1. The fourth-order valence-corrected chi connectivity index (χ4v) is 4.88. The molecule has 3 heterocycles. The third-order valence-electron chi connectivity index (χ3n) is 6.56. The van der Waals surface area contributed by atoms with Gasteiger partial charge < -0.3 is 25.3 Å². The van der Waals surface area contributed by atoms with E-state index in [2.05, 4.69) is 21.7 Å². The summed E-state index contributed by atoms with van der Waals surface area (Å²) >= 11 is 0. The van der Waals surface area contributed by atoms with Gasteiger partial charge in [0.1, 0.15) is 23.3 Å². The van der Waals surface area contributed by atoms with Crippen molar-refractivity contribution in [2.24, 2.45) is 0 Å². The van der Waals surface area contributed by atoms with Crippen LogP contribution in [0.15, 0.2) is 30.5 Å². The number of aromatic nitrogens is 2. The maximum absolute atomic E-state index is 12.1. The minimum atomic E-state index is 0.142. The summed E-state index contributed by atoms with van der Waals surface area (Å²) in [7, 11) is 1.62. The highest BCUT2D eigenvalue weighted by Gasteiger charge is 2.23. The Morgan fingerprint density at radius 1 is 1.18 bits per heavy atom. The lowest BCUT2D eigenvalue weighted by Gasteiger charge is -2.24. The fraction of sp³-hybridized carbons (Fsp3) is 0.400. The molecule has 1 aromatic carbocycles. The molecule has 2 aromatic heterocycles. The number of rotatable bonds is 6. The lowest BCUT2D eigenvalue weighted by atomic mass is 9.95. The van der Waals surface area contributed by atoms with E-state index in [1.807, 2.05) is 24.3 Å². The molecular weight excluding hydrogens is 416 g/mol. The van der Waals surface area contributed by atoms with Gasteiger partial charge in [0.15, 0.2) is 0 Å². The number of benzene rings is 1. The summed E-state index contributed by atoms with van der Waals surface area (Å²) in [4.78, 5) is 21.8. The Kier molecular flexibility index (Phi) is 5.78. The van der Waals surface area contributed by atoms with Crippen molar-refractivity contribution in [2.75, 3.05) is 29.2 Å². The number of nitrogens with zero attached hydrogens (tertiary/aromatic N) is 3. The molecule has 0 radical (unpaired) electrons. The van der Waals surface area contributed by atoms with Gasteiger partial charge in [0, 0.05) is 43.0 Å². The van der Waals surface area contributed by atoms with Crippen LogP contribution in [0.2, 0.25) is 0 Å². The molecule has 1 amide bonds. The smallest absolute Gasteiger partial charge is 0.227 e. The number of fused-ring (bicyclic) bond motifs is 1. The Morgan fingerprint density at radius 2 is 2.03 bits per heavy atom. The number of anilines is 4. The zero-order valence-corrected chi connectivity index (χ0v) is 18.8. The molecule has 0 unspecified atom stereocenters. The maximum atomic E-state index is 12.1. The number of aromatic amines is 1. The van der Waals surface area contributed by atoms with E-state index in [1.54, 1.807) is 18.2 Å². The van der Waals surface area contributed by atoms with Crippen LogP contribution in [0.3, 0.4) is 0 Å². The largest absolute Gasteiger partial charge is 0.494 e. The number of nitrogens with one attached hydrogen (secondary N) is 3. The van der Waals surface area contributed by atoms with Crippen LogP contribution in [-0.4, -0.2) is 35.6 Å². The summed E-state index contributed by atoms with van der Waals surface area (Å²) in [6.07, 6.45) is 9.15. The number of pyridine rings is 1. The summed E-state index contributed by atoms with van der Waals surface area (Å²) in [6.45, 7) is 0.733. The maximum Gasteiger partial charge on any atom is 0.227 e. The number of methoxy groups -OCH3 is 1. The van der Waals surface area contributed by atoms with E-state index >= 15 is 0 Å². The molecule has 8 heteroatoms. The molecule has 5 rings (SSSR count). The Morgan fingerprint density at radius 3 is 2.76 bits per heavy atom. The van der Waals surface area contributed by atoms with Crippen molar-refractivity contribution in [3.8, 4) is 11.8 Å². The van der Waals surface area contributed by atoms with Gasteiger partial charge in [0.05, 0.1) is 29.4 Å². The lowest BCUT2D eigenvalue weighted by molar-refractivity contribution is -0.117. The van der Waals surface area contributed by atoms with Crippen molar-refractivity contribution >= 4 is 39.8 Å². The highest BCUT2D eigenvalue weighted by molar-refractivity contribution is 5.97. The van der Waals surface area contributed by atoms with Crippen molar-refractivity contribution < 1.29 is 9.53 Å². The SMILES string of the molecule is COc1cc(N2CCCC2=O)ccc1Nc1cc(NC2CCCCC2)c2c(C#N)c[nH]c2n1. The van der Waals surface area contributed by atoms with Gasteiger partial charge in [-0.25, -0.2) is 4.98 Å². The first-order valence-corrected chi connectivity index (χ1v) is 11.6. The van der Waals surface area contributed by atoms with Crippen LogP contribution in [0, 0.1) is 11.3 Å². The molecule has 1 aliphatic carbocycles. The second-order valence-corrected chi connectivity index (χ2v) is 8.73. The zero-order valence-electron chi connectivity index (χ0n) is 18.8. The van der Waals surface area contributed by atoms with Gasteiger partial charge >= 0.3 is 0 Å². The van der Waals surface area contributed by atoms with Crippen molar-refractivity contribution in [2.45, 2.75) is 51.0 Å². The van der Waals surface area contributed by atoms with Crippen LogP contribution in [0.5, 0.6) is 5.75 Å². The average Bonchev–Trinajstić information content (AvgIpc) is 3.46.